The third kappa shape index (κ3) is 5.27. The summed E-state index contributed by atoms with van der Waals surface area (Å²) in [4.78, 5) is 26.5. The normalized spacial score (nSPS) is 13.7. The summed E-state index contributed by atoms with van der Waals surface area (Å²) in [6, 6.07) is 20.2. The summed E-state index contributed by atoms with van der Waals surface area (Å²) in [7, 11) is 0. The second-order valence-corrected chi connectivity index (χ2v) is 8.93. The Kier molecular flexibility index (Phi) is 7.02. The van der Waals surface area contributed by atoms with Gasteiger partial charge < -0.3 is 9.80 Å². The molecule has 4 aromatic rings. The highest BCUT2D eigenvalue weighted by Crippen LogP contribution is 2.24. The molecule has 0 bridgehead atoms. The van der Waals surface area contributed by atoms with E-state index >= 15 is 0 Å². The van der Waals surface area contributed by atoms with Gasteiger partial charge in [0.15, 0.2) is 11.6 Å². The molecule has 2 aromatic heterocycles. The van der Waals surface area contributed by atoms with E-state index in [0.29, 0.717) is 30.3 Å². The number of benzene rings is 2. The summed E-state index contributed by atoms with van der Waals surface area (Å²) in [5.41, 5.74) is 2.85. The van der Waals surface area contributed by atoms with Crippen LogP contribution in [0, 0.1) is 5.82 Å². The molecule has 1 aliphatic heterocycles. The van der Waals surface area contributed by atoms with E-state index in [1.165, 1.54) is 17.7 Å². The maximum absolute atomic E-state index is 13.5. The first kappa shape index (κ1) is 23.7. The standard InChI is InChI=1S/C28H29FN6O/c1-2-5-21-7-9-23(10-8-21)28-31-27(22-11-13-24(29)14-12-22)32-35(28)20-26(36)34-18-16-33(17-19-34)25-6-3-4-15-30-25/h3-4,6-15H,2,5,16-20H2,1H3. The lowest BCUT2D eigenvalue weighted by Crippen LogP contribution is -2.49. The average molecular weight is 485 g/mol. The zero-order chi connectivity index (χ0) is 24.9. The van der Waals surface area contributed by atoms with Crippen LogP contribution in [0.3, 0.4) is 0 Å². The average Bonchev–Trinajstić information content (AvgIpc) is 3.34. The predicted octanol–water partition coefficient (Wildman–Crippen LogP) is 4.45. The third-order valence-electron chi connectivity index (χ3n) is 6.42. The number of aryl methyl sites for hydroxylation is 1. The summed E-state index contributed by atoms with van der Waals surface area (Å²) >= 11 is 0. The van der Waals surface area contributed by atoms with Crippen molar-refractivity contribution in [3.05, 3.63) is 84.3 Å². The molecule has 3 heterocycles. The molecule has 184 valence electrons. The summed E-state index contributed by atoms with van der Waals surface area (Å²) in [6.07, 6.45) is 3.87. The molecular weight excluding hydrogens is 455 g/mol. The van der Waals surface area contributed by atoms with Crippen LogP contribution in [0.15, 0.2) is 72.9 Å². The van der Waals surface area contributed by atoms with Gasteiger partial charge in [-0.3, -0.25) is 4.79 Å². The number of aromatic nitrogens is 4. The quantitative estimate of drug-likeness (QED) is 0.388. The highest BCUT2D eigenvalue weighted by molar-refractivity contribution is 5.77. The van der Waals surface area contributed by atoms with Crippen LogP contribution in [0.25, 0.3) is 22.8 Å². The van der Waals surface area contributed by atoms with Gasteiger partial charge in [0.1, 0.15) is 18.2 Å². The van der Waals surface area contributed by atoms with Crippen molar-refractivity contribution in [2.24, 2.45) is 0 Å². The zero-order valence-corrected chi connectivity index (χ0v) is 20.3. The van der Waals surface area contributed by atoms with Crippen molar-refractivity contribution < 1.29 is 9.18 Å². The Bertz CT molecular complexity index is 1300. The van der Waals surface area contributed by atoms with Crippen LogP contribution in [0.5, 0.6) is 0 Å². The second kappa shape index (κ2) is 10.7. The van der Waals surface area contributed by atoms with Crippen LogP contribution in [-0.4, -0.2) is 56.7 Å². The van der Waals surface area contributed by atoms with Crippen molar-refractivity contribution in [1.82, 2.24) is 24.6 Å². The highest BCUT2D eigenvalue weighted by Gasteiger charge is 2.24. The van der Waals surface area contributed by atoms with E-state index in [0.717, 1.165) is 37.3 Å². The molecule has 2 aromatic carbocycles. The molecule has 0 aliphatic carbocycles. The summed E-state index contributed by atoms with van der Waals surface area (Å²) in [5, 5.41) is 4.66. The van der Waals surface area contributed by atoms with Crippen molar-refractivity contribution in [2.45, 2.75) is 26.3 Å². The minimum atomic E-state index is -0.315. The number of hydrogen-bond donors (Lipinski definition) is 0. The molecule has 7 nitrogen and oxygen atoms in total. The van der Waals surface area contributed by atoms with Gasteiger partial charge in [-0.25, -0.2) is 19.0 Å². The molecule has 0 atom stereocenters. The van der Waals surface area contributed by atoms with Gasteiger partial charge in [0, 0.05) is 43.5 Å². The first-order valence-corrected chi connectivity index (χ1v) is 12.3. The van der Waals surface area contributed by atoms with Crippen molar-refractivity contribution >= 4 is 11.7 Å². The SMILES string of the molecule is CCCc1ccc(-c2nc(-c3ccc(F)cc3)nn2CC(=O)N2CCN(c3ccccn3)CC2)cc1. The Balaban J connectivity index is 1.36. The monoisotopic (exact) mass is 484 g/mol. The van der Waals surface area contributed by atoms with Crippen molar-refractivity contribution in [2.75, 3.05) is 31.1 Å². The first-order valence-electron chi connectivity index (χ1n) is 12.3. The molecule has 36 heavy (non-hydrogen) atoms. The molecule has 0 unspecified atom stereocenters. The van der Waals surface area contributed by atoms with Crippen molar-refractivity contribution in [3.63, 3.8) is 0 Å². The molecule has 0 saturated carbocycles. The number of piperazine rings is 1. The molecule has 0 N–H and O–H groups in total. The highest BCUT2D eigenvalue weighted by atomic mass is 19.1. The fourth-order valence-electron chi connectivity index (χ4n) is 4.45. The number of halogens is 1. The molecule has 1 aliphatic rings. The predicted molar refractivity (Wildman–Crippen MR) is 138 cm³/mol. The smallest absolute Gasteiger partial charge is 0.244 e. The third-order valence-corrected chi connectivity index (χ3v) is 6.42. The molecule has 1 saturated heterocycles. The first-order chi connectivity index (χ1) is 17.6. The van der Waals surface area contributed by atoms with E-state index in [2.05, 4.69) is 34.0 Å². The maximum atomic E-state index is 13.5. The number of hydrogen-bond acceptors (Lipinski definition) is 5. The topological polar surface area (TPSA) is 67.2 Å². The summed E-state index contributed by atoms with van der Waals surface area (Å²) < 4.78 is 15.1. The van der Waals surface area contributed by atoms with Gasteiger partial charge in [-0.05, 0) is 48.4 Å². The summed E-state index contributed by atoms with van der Waals surface area (Å²) in [6.45, 7) is 4.94. The molecule has 0 radical (unpaired) electrons. The molecular formula is C28H29FN6O. The number of amides is 1. The van der Waals surface area contributed by atoms with Crippen LogP contribution in [-0.2, 0) is 17.8 Å². The molecule has 1 fully saturated rings. The van der Waals surface area contributed by atoms with E-state index in [9.17, 15) is 9.18 Å². The van der Waals surface area contributed by atoms with Gasteiger partial charge in [0.2, 0.25) is 5.91 Å². The van der Waals surface area contributed by atoms with Crippen LogP contribution in [0.4, 0.5) is 10.2 Å². The Hall–Kier alpha value is -4.07. The number of carbonyl (C=O) groups excluding carboxylic acids is 1. The summed E-state index contributed by atoms with van der Waals surface area (Å²) in [5.74, 6) is 1.70. The van der Waals surface area contributed by atoms with Crippen LogP contribution < -0.4 is 4.90 Å². The Morgan fingerprint density at radius 2 is 1.64 bits per heavy atom. The van der Waals surface area contributed by atoms with E-state index in [4.69, 9.17) is 4.98 Å². The van der Waals surface area contributed by atoms with E-state index in [1.807, 2.05) is 35.2 Å². The molecule has 5 rings (SSSR count). The van der Waals surface area contributed by atoms with E-state index < -0.39 is 0 Å². The lowest BCUT2D eigenvalue weighted by molar-refractivity contribution is -0.132. The molecule has 0 spiro atoms. The number of nitrogens with zero attached hydrogens (tertiary/aromatic N) is 6. The maximum Gasteiger partial charge on any atom is 0.244 e. The van der Waals surface area contributed by atoms with Crippen LogP contribution in [0.1, 0.15) is 18.9 Å². The van der Waals surface area contributed by atoms with Gasteiger partial charge in [0.05, 0.1) is 0 Å². The van der Waals surface area contributed by atoms with Gasteiger partial charge in [-0.2, -0.15) is 0 Å². The second-order valence-electron chi connectivity index (χ2n) is 8.93. The minimum Gasteiger partial charge on any atom is -0.353 e. The Labute approximate surface area is 210 Å². The van der Waals surface area contributed by atoms with Crippen molar-refractivity contribution in [3.8, 4) is 22.8 Å². The van der Waals surface area contributed by atoms with Crippen LogP contribution >= 0.6 is 0 Å². The van der Waals surface area contributed by atoms with Gasteiger partial charge in [0.25, 0.3) is 0 Å². The largest absolute Gasteiger partial charge is 0.353 e. The Morgan fingerprint density at radius 3 is 2.31 bits per heavy atom. The van der Waals surface area contributed by atoms with E-state index in [1.54, 1.807) is 23.0 Å². The zero-order valence-electron chi connectivity index (χ0n) is 20.3. The number of anilines is 1. The van der Waals surface area contributed by atoms with Crippen LogP contribution in [0.2, 0.25) is 0 Å². The number of rotatable bonds is 7. The fraction of sp³-hybridized carbons (Fsp3) is 0.286. The lowest BCUT2D eigenvalue weighted by Gasteiger charge is -2.35. The Morgan fingerprint density at radius 1 is 0.917 bits per heavy atom. The van der Waals surface area contributed by atoms with Gasteiger partial charge >= 0.3 is 0 Å². The lowest BCUT2D eigenvalue weighted by atomic mass is 10.1. The van der Waals surface area contributed by atoms with E-state index in [-0.39, 0.29) is 18.3 Å². The van der Waals surface area contributed by atoms with Gasteiger partial charge in [-0.1, -0.05) is 43.7 Å². The number of carbonyl (C=O) groups is 1. The van der Waals surface area contributed by atoms with Gasteiger partial charge in [-0.15, -0.1) is 5.10 Å². The molecule has 1 amide bonds. The molecule has 8 heteroatoms. The fourth-order valence-corrected chi connectivity index (χ4v) is 4.45. The minimum absolute atomic E-state index is 0.00456. The van der Waals surface area contributed by atoms with Crippen molar-refractivity contribution in [1.29, 1.82) is 0 Å². The number of pyridine rings is 1.